The number of H-pyrrole nitrogens is 1. The minimum absolute atomic E-state index is 0.0801. The monoisotopic (exact) mass is 449 g/mol. The number of carbonyl (C=O) groups excluding carboxylic acids is 1. The minimum Gasteiger partial charge on any atom is -0.507 e. The number of aryl methyl sites for hydroxylation is 2. The maximum Gasteiger partial charge on any atom is 0.273 e. The van der Waals surface area contributed by atoms with Gasteiger partial charge in [-0.25, -0.2) is 0 Å². The maximum atomic E-state index is 13.5. The van der Waals surface area contributed by atoms with E-state index in [4.69, 9.17) is 9.47 Å². The van der Waals surface area contributed by atoms with E-state index in [2.05, 4.69) is 17.1 Å². The summed E-state index contributed by atoms with van der Waals surface area (Å²) in [6, 6.07) is 9.22. The Balaban J connectivity index is 1.89. The molecule has 0 spiro atoms. The lowest BCUT2D eigenvalue weighted by atomic mass is 9.93. The first-order valence-corrected chi connectivity index (χ1v) is 11.3. The first kappa shape index (κ1) is 22.7. The second-order valence-corrected chi connectivity index (χ2v) is 8.56. The highest BCUT2D eigenvalue weighted by molar-refractivity contribution is 6.00. The number of aromatic nitrogens is 2. The first-order valence-electron chi connectivity index (χ1n) is 11.3. The molecule has 1 amide bonds. The summed E-state index contributed by atoms with van der Waals surface area (Å²) >= 11 is 0. The number of rotatable bonds is 8. The summed E-state index contributed by atoms with van der Waals surface area (Å²) in [5.41, 5.74) is 5.17. The Bertz CT molecular complexity index is 1180. The summed E-state index contributed by atoms with van der Waals surface area (Å²) in [4.78, 5) is 15.3. The SMILES string of the molecule is CCCCCN1C(=O)c2[nH]nc(-c3cc(C)cc(C)c3O)c2C1c1ccc(OC)c(OC)c1. The standard InChI is InChI=1S/C26H31N3O4/c1-6-7-8-11-29-24(17-9-10-19(32-4)20(14-17)33-5)21-22(27-28-23(21)26(29)31)18-13-15(2)12-16(3)25(18)30/h9-10,12-14,24,30H,6-8,11H2,1-5H3,(H,27,28). The number of aromatic hydroxyl groups is 1. The maximum absolute atomic E-state index is 13.5. The molecule has 0 radical (unpaired) electrons. The number of amides is 1. The summed E-state index contributed by atoms with van der Waals surface area (Å²) < 4.78 is 11.0. The normalized spacial score (nSPS) is 15.1. The molecule has 4 rings (SSSR count). The number of methoxy groups -OCH3 is 2. The van der Waals surface area contributed by atoms with Crippen molar-refractivity contribution in [3.8, 4) is 28.5 Å². The molecule has 0 aliphatic carbocycles. The van der Waals surface area contributed by atoms with Gasteiger partial charge in [0.15, 0.2) is 11.5 Å². The number of fused-ring (bicyclic) bond motifs is 1. The zero-order chi connectivity index (χ0) is 23.7. The molecule has 1 aliphatic rings. The molecule has 7 heteroatoms. The van der Waals surface area contributed by atoms with Crippen molar-refractivity contribution in [3.63, 3.8) is 0 Å². The van der Waals surface area contributed by atoms with Crippen LogP contribution in [-0.4, -0.2) is 46.9 Å². The number of hydrogen-bond donors (Lipinski definition) is 2. The fourth-order valence-corrected chi connectivity index (χ4v) is 4.67. The van der Waals surface area contributed by atoms with Crippen molar-refractivity contribution >= 4 is 5.91 Å². The van der Waals surface area contributed by atoms with E-state index in [-0.39, 0.29) is 17.7 Å². The summed E-state index contributed by atoms with van der Waals surface area (Å²) in [5, 5.41) is 18.3. The second-order valence-electron chi connectivity index (χ2n) is 8.56. The van der Waals surface area contributed by atoms with E-state index in [1.165, 1.54) is 0 Å². The molecule has 0 bridgehead atoms. The Morgan fingerprint density at radius 3 is 2.55 bits per heavy atom. The van der Waals surface area contributed by atoms with Crippen LogP contribution in [0.4, 0.5) is 0 Å². The third kappa shape index (κ3) is 3.92. The first-order chi connectivity index (χ1) is 15.9. The predicted molar refractivity (Wildman–Crippen MR) is 127 cm³/mol. The van der Waals surface area contributed by atoms with Crippen LogP contribution in [0.25, 0.3) is 11.3 Å². The van der Waals surface area contributed by atoms with Crippen molar-refractivity contribution in [2.24, 2.45) is 0 Å². The van der Waals surface area contributed by atoms with Crippen LogP contribution in [-0.2, 0) is 0 Å². The molecule has 174 valence electrons. The van der Waals surface area contributed by atoms with Gasteiger partial charge in [0.1, 0.15) is 17.1 Å². The van der Waals surface area contributed by atoms with Gasteiger partial charge in [0.2, 0.25) is 0 Å². The van der Waals surface area contributed by atoms with E-state index in [0.717, 1.165) is 41.5 Å². The molecule has 2 heterocycles. The number of benzene rings is 2. The molecule has 33 heavy (non-hydrogen) atoms. The number of ether oxygens (including phenoxy) is 2. The van der Waals surface area contributed by atoms with Crippen molar-refractivity contribution < 1.29 is 19.4 Å². The number of aromatic amines is 1. The van der Waals surface area contributed by atoms with Gasteiger partial charge in [0, 0.05) is 17.7 Å². The van der Waals surface area contributed by atoms with E-state index in [1.807, 2.05) is 49.1 Å². The van der Waals surface area contributed by atoms with Crippen LogP contribution < -0.4 is 9.47 Å². The Labute approximate surface area is 194 Å². The number of phenolic OH excluding ortho intramolecular Hbond substituents is 1. The molecule has 0 saturated heterocycles. The van der Waals surface area contributed by atoms with E-state index >= 15 is 0 Å². The topological polar surface area (TPSA) is 87.7 Å². The van der Waals surface area contributed by atoms with Gasteiger partial charge in [-0.15, -0.1) is 0 Å². The van der Waals surface area contributed by atoms with E-state index in [1.54, 1.807) is 14.2 Å². The average Bonchev–Trinajstić information content (AvgIpc) is 3.35. The lowest BCUT2D eigenvalue weighted by molar-refractivity contribution is 0.0740. The third-order valence-electron chi connectivity index (χ3n) is 6.29. The van der Waals surface area contributed by atoms with Crippen LogP contribution in [0, 0.1) is 13.8 Å². The molecule has 2 N–H and O–H groups in total. The van der Waals surface area contributed by atoms with Crippen LogP contribution in [0.1, 0.15) is 65.0 Å². The molecule has 1 aromatic heterocycles. The Hall–Kier alpha value is -3.48. The van der Waals surface area contributed by atoms with E-state index in [0.29, 0.717) is 35.0 Å². The van der Waals surface area contributed by atoms with Crippen LogP contribution in [0.3, 0.4) is 0 Å². The molecule has 3 aromatic rings. The number of unbranched alkanes of at least 4 members (excludes halogenated alkanes) is 2. The van der Waals surface area contributed by atoms with Gasteiger partial charge >= 0.3 is 0 Å². The van der Waals surface area contributed by atoms with Crippen molar-refractivity contribution in [2.45, 2.75) is 46.1 Å². The number of carbonyl (C=O) groups is 1. The molecule has 1 aliphatic heterocycles. The number of hydrogen-bond acceptors (Lipinski definition) is 5. The predicted octanol–water partition coefficient (Wildman–Crippen LogP) is 5.15. The lowest BCUT2D eigenvalue weighted by Crippen LogP contribution is -2.30. The molecule has 7 nitrogen and oxygen atoms in total. The van der Waals surface area contributed by atoms with Crippen molar-refractivity contribution in [1.82, 2.24) is 15.1 Å². The highest BCUT2D eigenvalue weighted by Gasteiger charge is 2.42. The Kier molecular flexibility index (Phi) is 6.31. The van der Waals surface area contributed by atoms with Crippen LogP contribution in [0.2, 0.25) is 0 Å². The van der Waals surface area contributed by atoms with Gasteiger partial charge in [-0.1, -0.05) is 31.9 Å². The highest BCUT2D eigenvalue weighted by Crippen LogP contribution is 2.46. The van der Waals surface area contributed by atoms with Gasteiger partial charge in [-0.05, 0) is 55.2 Å². The third-order valence-corrected chi connectivity index (χ3v) is 6.29. The van der Waals surface area contributed by atoms with Crippen LogP contribution in [0.5, 0.6) is 17.2 Å². The smallest absolute Gasteiger partial charge is 0.273 e. The molecule has 0 saturated carbocycles. The Morgan fingerprint density at radius 2 is 1.85 bits per heavy atom. The summed E-state index contributed by atoms with van der Waals surface area (Å²) in [5.74, 6) is 1.33. The second kappa shape index (κ2) is 9.17. The molecule has 0 fully saturated rings. The minimum atomic E-state index is -0.349. The number of nitrogens with zero attached hydrogens (tertiary/aromatic N) is 2. The summed E-state index contributed by atoms with van der Waals surface area (Å²) in [7, 11) is 3.20. The van der Waals surface area contributed by atoms with Gasteiger partial charge < -0.3 is 19.5 Å². The fraction of sp³-hybridized carbons (Fsp3) is 0.385. The number of nitrogens with one attached hydrogen (secondary N) is 1. The van der Waals surface area contributed by atoms with Gasteiger partial charge in [-0.2, -0.15) is 5.10 Å². The summed E-state index contributed by atoms with van der Waals surface area (Å²) in [6.45, 7) is 6.63. The molecular formula is C26H31N3O4. The van der Waals surface area contributed by atoms with Crippen molar-refractivity contribution in [1.29, 1.82) is 0 Å². The lowest BCUT2D eigenvalue weighted by Gasteiger charge is -2.27. The van der Waals surface area contributed by atoms with E-state index < -0.39 is 0 Å². The van der Waals surface area contributed by atoms with Gasteiger partial charge in [0.25, 0.3) is 5.91 Å². The summed E-state index contributed by atoms with van der Waals surface area (Å²) in [6.07, 6.45) is 3.02. The fourth-order valence-electron chi connectivity index (χ4n) is 4.67. The average molecular weight is 450 g/mol. The quantitative estimate of drug-likeness (QED) is 0.464. The van der Waals surface area contributed by atoms with Crippen molar-refractivity contribution in [3.05, 3.63) is 58.3 Å². The van der Waals surface area contributed by atoms with Gasteiger partial charge in [-0.3, -0.25) is 9.89 Å². The van der Waals surface area contributed by atoms with Crippen molar-refractivity contribution in [2.75, 3.05) is 20.8 Å². The zero-order valence-electron chi connectivity index (χ0n) is 19.9. The highest BCUT2D eigenvalue weighted by atomic mass is 16.5. The van der Waals surface area contributed by atoms with E-state index in [9.17, 15) is 9.90 Å². The molecule has 1 unspecified atom stereocenters. The van der Waals surface area contributed by atoms with Crippen LogP contribution in [0.15, 0.2) is 30.3 Å². The molecule has 1 atom stereocenters. The molecular weight excluding hydrogens is 418 g/mol. The zero-order valence-corrected chi connectivity index (χ0v) is 19.9. The largest absolute Gasteiger partial charge is 0.507 e. The number of phenols is 1. The van der Waals surface area contributed by atoms with Crippen LogP contribution >= 0.6 is 0 Å². The Morgan fingerprint density at radius 1 is 1.09 bits per heavy atom. The molecule has 2 aromatic carbocycles. The van der Waals surface area contributed by atoms with Gasteiger partial charge in [0.05, 0.1) is 20.3 Å².